The lowest BCUT2D eigenvalue weighted by molar-refractivity contribution is 0.102. The van der Waals surface area contributed by atoms with Crippen molar-refractivity contribution in [2.75, 3.05) is 37.9 Å². The Morgan fingerprint density at radius 2 is 2.15 bits per heavy atom. The zero-order valence-electron chi connectivity index (χ0n) is 12.6. The van der Waals surface area contributed by atoms with Crippen LogP contribution in [0.15, 0.2) is 0 Å². The highest BCUT2D eigenvalue weighted by Gasteiger charge is 2.18. The van der Waals surface area contributed by atoms with Crippen molar-refractivity contribution in [1.82, 2.24) is 0 Å². The van der Waals surface area contributed by atoms with E-state index in [0.717, 1.165) is 24.6 Å². The predicted octanol–water partition coefficient (Wildman–Crippen LogP) is 3.02. The minimum absolute atomic E-state index is 0.0425. The van der Waals surface area contributed by atoms with Gasteiger partial charge in [0.25, 0.3) is 0 Å². The fourth-order valence-corrected chi connectivity index (χ4v) is 2.72. The van der Waals surface area contributed by atoms with Gasteiger partial charge in [0.15, 0.2) is 11.5 Å². The number of ether oxygens (including phenoxy) is 2. The molecule has 0 saturated carbocycles. The van der Waals surface area contributed by atoms with Gasteiger partial charge in [0.1, 0.15) is 5.00 Å². The van der Waals surface area contributed by atoms with E-state index in [9.17, 15) is 4.79 Å². The molecule has 0 spiro atoms. The monoisotopic (exact) mass is 300 g/mol. The van der Waals surface area contributed by atoms with Gasteiger partial charge in [-0.2, -0.15) is 0 Å². The van der Waals surface area contributed by atoms with E-state index >= 15 is 0 Å². The number of nitrogens with two attached hydrogens (primary N) is 1. The first-order chi connectivity index (χ1) is 9.47. The average Bonchev–Trinajstić information content (AvgIpc) is 2.69. The van der Waals surface area contributed by atoms with E-state index in [1.165, 1.54) is 18.3 Å². The second-order valence-electron chi connectivity index (χ2n) is 5.01. The summed E-state index contributed by atoms with van der Waals surface area (Å²) >= 11 is 1.34. The van der Waals surface area contributed by atoms with E-state index in [-0.39, 0.29) is 5.78 Å². The Bertz CT molecular complexity index is 444. The molecule has 0 fully saturated rings. The molecular formula is C14H24N2O3S. The molecular weight excluding hydrogens is 276 g/mol. The SMILES string of the molecule is COc1c(NCCCOCC(C)C)sc(C(C)=O)c1N. The van der Waals surface area contributed by atoms with Crippen LogP contribution in [0.5, 0.6) is 5.75 Å². The summed E-state index contributed by atoms with van der Waals surface area (Å²) in [5.41, 5.74) is 6.32. The standard InChI is InChI=1S/C14H24N2O3S/c1-9(2)8-19-7-5-6-16-14-12(18-4)11(15)13(20-14)10(3)17/h9,16H,5-8,15H2,1-4H3. The van der Waals surface area contributed by atoms with Gasteiger partial charge in [-0.1, -0.05) is 13.8 Å². The van der Waals surface area contributed by atoms with Crippen LogP contribution < -0.4 is 15.8 Å². The van der Waals surface area contributed by atoms with Crippen LogP contribution >= 0.6 is 11.3 Å². The largest absolute Gasteiger partial charge is 0.492 e. The number of carbonyl (C=O) groups excluding carboxylic acids is 1. The molecule has 114 valence electrons. The Morgan fingerprint density at radius 3 is 2.70 bits per heavy atom. The molecule has 0 aliphatic heterocycles. The molecule has 0 radical (unpaired) electrons. The molecule has 5 nitrogen and oxygen atoms in total. The fourth-order valence-electron chi connectivity index (χ4n) is 1.70. The van der Waals surface area contributed by atoms with Crippen LogP contribution in [0.3, 0.4) is 0 Å². The molecule has 3 N–H and O–H groups in total. The number of nitrogens with one attached hydrogen (secondary N) is 1. The fraction of sp³-hybridized carbons (Fsp3) is 0.643. The second kappa shape index (κ2) is 8.11. The Morgan fingerprint density at radius 1 is 1.45 bits per heavy atom. The molecule has 0 amide bonds. The van der Waals surface area contributed by atoms with Crippen LogP contribution in [0.2, 0.25) is 0 Å². The van der Waals surface area contributed by atoms with E-state index in [4.69, 9.17) is 15.2 Å². The zero-order chi connectivity index (χ0) is 15.1. The number of nitrogen functional groups attached to an aromatic ring is 1. The molecule has 1 rings (SSSR count). The van der Waals surface area contributed by atoms with Crippen LogP contribution in [0.25, 0.3) is 0 Å². The highest BCUT2D eigenvalue weighted by Crippen LogP contribution is 2.42. The molecule has 0 bridgehead atoms. The van der Waals surface area contributed by atoms with Gasteiger partial charge in [-0.05, 0) is 12.3 Å². The Balaban J connectivity index is 2.47. The molecule has 0 aliphatic rings. The maximum atomic E-state index is 11.5. The van der Waals surface area contributed by atoms with Gasteiger partial charge in [0.05, 0.1) is 17.7 Å². The van der Waals surface area contributed by atoms with Crippen LogP contribution in [-0.2, 0) is 4.74 Å². The van der Waals surface area contributed by atoms with E-state index in [1.807, 2.05) is 0 Å². The average molecular weight is 300 g/mol. The number of carbonyl (C=O) groups is 1. The third-order valence-corrected chi connectivity index (χ3v) is 3.87. The van der Waals surface area contributed by atoms with Crippen molar-refractivity contribution in [3.05, 3.63) is 4.88 Å². The molecule has 6 heteroatoms. The summed E-state index contributed by atoms with van der Waals surface area (Å²) in [5.74, 6) is 1.07. The van der Waals surface area contributed by atoms with Crippen molar-refractivity contribution in [3.63, 3.8) is 0 Å². The molecule has 0 saturated heterocycles. The quantitative estimate of drug-likeness (QED) is 0.542. The summed E-state index contributed by atoms with van der Waals surface area (Å²) in [5, 5.41) is 4.05. The molecule has 1 heterocycles. The number of methoxy groups -OCH3 is 1. The molecule has 1 aromatic rings. The van der Waals surface area contributed by atoms with E-state index in [1.54, 1.807) is 7.11 Å². The summed E-state index contributed by atoms with van der Waals surface area (Å²) in [6.45, 7) is 8.01. The zero-order valence-corrected chi connectivity index (χ0v) is 13.4. The van der Waals surface area contributed by atoms with Gasteiger partial charge in [-0.15, -0.1) is 11.3 Å². The van der Waals surface area contributed by atoms with Gasteiger partial charge >= 0.3 is 0 Å². The van der Waals surface area contributed by atoms with Crippen molar-refractivity contribution in [2.45, 2.75) is 27.2 Å². The molecule has 20 heavy (non-hydrogen) atoms. The van der Waals surface area contributed by atoms with E-state index in [0.29, 0.717) is 28.8 Å². The lowest BCUT2D eigenvalue weighted by Gasteiger charge is -2.08. The van der Waals surface area contributed by atoms with Crippen LogP contribution in [0.1, 0.15) is 36.9 Å². The Labute approximate surface area is 124 Å². The minimum atomic E-state index is -0.0425. The van der Waals surface area contributed by atoms with Crippen LogP contribution in [-0.4, -0.2) is 32.7 Å². The van der Waals surface area contributed by atoms with Crippen LogP contribution in [0.4, 0.5) is 10.7 Å². The van der Waals surface area contributed by atoms with Crippen molar-refractivity contribution in [1.29, 1.82) is 0 Å². The third-order valence-electron chi connectivity index (χ3n) is 2.63. The summed E-state index contributed by atoms with van der Waals surface area (Å²) in [7, 11) is 1.55. The normalized spacial score (nSPS) is 10.8. The van der Waals surface area contributed by atoms with Gasteiger partial charge in [0, 0.05) is 26.7 Å². The first-order valence-corrected chi connectivity index (χ1v) is 7.57. The number of hydrogen-bond acceptors (Lipinski definition) is 6. The first kappa shape index (κ1) is 16.8. The lowest BCUT2D eigenvalue weighted by atomic mass is 10.2. The van der Waals surface area contributed by atoms with E-state index in [2.05, 4.69) is 19.2 Å². The van der Waals surface area contributed by atoms with E-state index < -0.39 is 0 Å². The highest BCUT2D eigenvalue weighted by molar-refractivity contribution is 7.19. The Kier molecular flexibility index (Phi) is 6.81. The minimum Gasteiger partial charge on any atom is -0.492 e. The number of thiophene rings is 1. The maximum absolute atomic E-state index is 11.5. The van der Waals surface area contributed by atoms with Crippen molar-refractivity contribution >= 4 is 27.8 Å². The third kappa shape index (κ3) is 4.68. The topological polar surface area (TPSA) is 73.6 Å². The van der Waals surface area contributed by atoms with Gasteiger partial charge in [-0.25, -0.2) is 0 Å². The van der Waals surface area contributed by atoms with Crippen molar-refractivity contribution < 1.29 is 14.3 Å². The molecule has 0 unspecified atom stereocenters. The van der Waals surface area contributed by atoms with Gasteiger partial charge < -0.3 is 20.5 Å². The second-order valence-corrected chi connectivity index (χ2v) is 6.03. The number of hydrogen-bond donors (Lipinski definition) is 2. The van der Waals surface area contributed by atoms with Gasteiger partial charge in [0.2, 0.25) is 0 Å². The first-order valence-electron chi connectivity index (χ1n) is 6.76. The molecule has 0 aromatic carbocycles. The number of ketones is 1. The molecule has 0 aliphatic carbocycles. The lowest BCUT2D eigenvalue weighted by Crippen LogP contribution is -2.08. The Hall–Kier alpha value is -1.27. The van der Waals surface area contributed by atoms with Crippen molar-refractivity contribution in [3.8, 4) is 5.75 Å². The van der Waals surface area contributed by atoms with Crippen LogP contribution in [0, 0.1) is 5.92 Å². The number of anilines is 2. The molecule has 0 atom stereocenters. The summed E-state index contributed by atoms with van der Waals surface area (Å²) in [4.78, 5) is 12.0. The summed E-state index contributed by atoms with van der Waals surface area (Å²) in [6.07, 6.45) is 0.892. The number of rotatable bonds is 9. The molecule has 1 aromatic heterocycles. The van der Waals surface area contributed by atoms with Gasteiger partial charge in [-0.3, -0.25) is 4.79 Å². The number of Topliss-reactive ketones (excluding diaryl/α,β-unsaturated/α-hetero) is 1. The summed E-state index contributed by atoms with van der Waals surface area (Å²) in [6, 6.07) is 0. The smallest absolute Gasteiger partial charge is 0.176 e. The van der Waals surface area contributed by atoms with Crippen molar-refractivity contribution in [2.24, 2.45) is 5.92 Å². The summed E-state index contributed by atoms with van der Waals surface area (Å²) < 4.78 is 10.8. The predicted molar refractivity (Wildman–Crippen MR) is 84.1 cm³/mol. The maximum Gasteiger partial charge on any atom is 0.176 e. The highest BCUT2D eigenvalue weighted by atomic mass is 32.1.